The number of nitrogens with one attached hydrogen (secondary N) is 1. The summed E-state index contributed by atoms with van der Waals surface area (Å²) in [5.74, 6) is 2.02. The molecule has 1 aromatic rings. The minimum Gasteiger partial charge on any atom is -0.381 e. The van der Waals surface area contributed by atoms with Gasteiger partial charge < -0.3 is 15.0 Å². The molecule has 1 aromatic heterocycles. The van der Waals surface area contributed by atoms with E-state index in [0.29, 0.717) is 6.04 Å². The van der Waals surface area contributed by atoms with Gasteiger partial charge in [-0.15, -0.1) is 0 Å². The summed E-state index contributed by atoms with van der Waals surface area (Å²) in [6.45, 7) is 6.82. The predicted octanol–water partition coefficient (Wildman–Crippen LogP) is 2.09. The van der Waals surface area contributed by atoms with Crippen LogP contribution in [0.15, 0.2) is 6.33 Å². The van der Waals surface area contributed by atoms with Gasteiger partial charge in [0, 0.05) is 38.4 Å². The summed E-state index contributed by atoms with van der Waals surface area (Å²) in [6.07, 6.45) is 4.73. The summed E-state index contributed by atoms with van der Waals surface area (Å²) in [7, 11) is 2.13. The summed E-state index contributed by atoms with van der Waals surface area (Å²) in [4.78, 5) is 11.2. The van der Waals surface area contributed by atoms with Crippen LogP contribution in [0, 0.1) is 0 Å². The number of rotatable bonds is 5. The molecule has 1 N–H and O–H groups in total. The van der Waals surface area contributed by atoms with Crippen molar-refractivity contribution in [2.24, 2.45) is 0 Å². The molecule has 1 saturated heterocycles. The van der Waals surface area contributed by atoms with E-state index in [0.717, 1.165) is 50.7 Å². The molecule has 2 rings (SSSR count). The van der Waals surface area contributed by atoms with Gasteiger partial charge in [-0.05, 0) is 26.2 Å². The second kappa shape index (κ2) is 6.70. The summed E-state index contributed by atoms with van der Waals surface area (Å²) < 4.78 is 5.43. The van der Waals surface area contributed by atoms with Crippen LogP contribution in [0.5, 0.6) is 0 Å². The second-order valence-corrected chi connectivity index (χ2v) is 4.86. The van der Waals surface area contributed by atoms with Gasteiger partial charge in [0.25, 0.3) is 0 Å². The average molecular weight is 264 g/mol. The Morgan fingerprint density at radius 3 is 2.68 bits per heavy atom. The first-order valence-electron chi connectivity index (χ1n) is 7.16. The van der Waals surface area contributed by atoms with Crippen LogP contribution in [0.2, 0.25) is 0 Å². The highest BCUT2D eigenvalue weighted by molar-refractivity contribution is 5.58. The van der Waals surface area contributed by atoms with Crippen molar-refractivity contribution in [3.8, 4) is 0 Å². The molecule has 0 aromatic carbocycles. The first kappa shape index (κ1) is 14.1. The van der Waals surface area contributed by atoms with E-state index >= 15 is 0 Å². The Balaban J connectivity index is 2.24. The van der Waals surface area contributed by atoms with E-state index in [9.17, 15) is 0 Å². The van der Waals surface area contributed by atoms with E-state index in [1.165, 1.54) is 5.56 Å². The normalized spacial score (nSPS) is 16.4. The number of aromatic nitrogens is 2. The van der Waals surface area contributed by atoms with Crippen LogP contribution in [0.25, 0.3) is 0 Å². The Hall–Kier alpha value is -1.36. The zero-order valence-corrected chi connectivity index (χ0v) is 12.1. The molecule has 0 unspecified atom stereocenters. The third kappa shape index (κ3) is 3.15. The van der Waals surface area contributed by atoms with E-state index < -0.39 is 0 Å². The van der Waals surface area contributed by atoms with Crippen molar-refractivity contribution in [1.29, 1.82) is 0 Å². The monoisotopic (exact) mass is 264 g/mol. The zero-order chi connectivity index (χ0) is 13.7. The van der Waals surface area contributed by atoms with Gasteiger partial charge in [-0.1, -0.05) is 6.92 Å². The van der Waals surface area contributed by atoms with Gasteiger partial charge in [0.05, 0.1) is 0 Å². The molecule has 0 saturated carbocycles. The van der Waals surface area contributed by atoms with Crippen molar-refractivity contribution in [3.63, 3.8) is 0 Å². The van der Waals surface area contributed by atoms with E-state index in [1.807, 2.05) is 0 Å². The predicted molar refractivity (Wildman–Crippen MR) is 77.8 cm³/mol. The standard InChI is InChI=1S/C14H24N4O/c1-4-12-13(15-5-2)16-10-17-14(12)18(3)11-6-8-19-9-7-11/h10-11H,4-9H2,1-3H3,(H,15,16,17). The average Bonchev–Trinajstić information content (AvgIpc) is 2.47. The maximum absolute atomic E-state index is 5.43. The first-order valence-corrected chi connectivity index (χ1v) is 7.16. The Morgan fingerprint density at radius 2 is 2.05 bits per heavy atom. The lowest BCUT2D eigenvalue weighted by atomic mass is 10.1. The molecule has 0 spiro atoms. The van der Waals surface area contributed by atoms with Crippen LogP contribution < -0.4 is 10.2 Å². The Morgan fingerprint density at radius 1 is 1.32 bits per heavy atom. The van der Waals surface area contributed by atoms with Gasteiger partial charge in [-0.25, -0.2) is 9.97 Å². The Kier molecular flexibility index (Phi) is 4.96. The molecule has 106 valence electrons. The molecule has 0 radical (unpaired) electrons. The van der Waals surface area contributed by atoms with Gasteiger partial charge in [-0.2, -0.15) is 0 Å². The number of nitrogens with zero attached hydrogens (tertiary/aromatic N) is 3. The van der Waals surface area contributed by atoms with Crippen molar-refractivity contribution in [2.45, 2.75) is 39.2 Å². The van der Waals surface area contributed by atoms with Gasteiger partial charge in [0.2, 0.25) is 0 Å². The van der Waals surface area contributed by atoms with Crippen LogP contribution >= 0.6 is 0 Å². The van der Waals surface area contributed by atoms with Crippen LogP contribution in [0.1, 0.15) is 32.3 Å². The van der Waals surface area contributed by atoms with Crippen LogP contribution in [-0.4, -0.2) is 42.8 Å². The number of anilines is 2. The van der Waals surface area contributed by atoms with Gasteiger partial charge in [0.1, 0.15) is 18.0 Å². The second-order valence-electron chi connectivity index (χ2n) is 4.86. The molecule has 1 aliphatic heterocycles. The summed E-state index contributed by atoms with van der Waals surface area (Å²) in [6, 6.07) is 0.517. The lowest BCUT2D eigenvalue weighted by molar-refractivity contribution is 0.0853. The topological polar surface area (TPSA) is 50.3 Å². The highest BCUT2D eigenvalue weighted by Crippen LogP contribution is 2.26. The van der Waals surface area contributed by atoms with Crippen molar-refractivity contribution in [2.75, 3.05) is 37.0 Å². The van der Waals surface area contributed by atoms with Gasteiger partial charge in [-0.3, -0.25) is 0 Å². The van der Waals surface area contributed by atoms with E-state index in [-0.39, 0.29) is 0 Å². The van der Waals surface area contributed by atoms with E-state index in [2.05, 4.69) is 41.1 Å². The molecule has 0 atom stereocenters. The lowest BCUT2D eigenvalue weighted by Crippen LogP contribution is -2.37. The van der Waals surface area contributed by atoms with Crippen LogP contribution in [0.3, 0.4) is 0 Å². The summed E-state index contributed by atoms with van der Waals surface area (Å²) >= 11 is 0. The Bertz CT molecular complexity index is 404. The summed E-state index contributed by atoms with van der Waals surface area (Å²) in [5.41, 5.74) is 1.21. The molecule has 2 heterocycles. The molecule has 5 heteroatoms. The van der Waals surface area contributed by atoms with Crippen LogP contribution in [-0.2, 0) is 11.2 Å². The smallest absolute Gasteiger partial charge is 0.137 e. The summed E-state index contributed by atoms with van der Waals surface area (Å²) in [5, 5.41) is 3.32. The first-order chi connectivity index (χ1) is 9.27. The van der Waals surface area contributed by atoms with Gasteiger partial charge >= 0.3 is 0 Å². The molecule has 5 nitrogen and oxygen atoms in total. The highest BCUT2D eigenvalue weighted by Gasteiger charge is 2.22. The largest absolute Gasteiger partial charge is 0.381 e. The number of hydrogen-bond acceptors (Lipinski definition) is 5. The van der Waals surface area contributed by atoms with E-state index in [4.69, 9.17) is 4.74 Å². The van der Waals surface area contributed by atoms with Crippen molar-refractivity contribution < 1.29 is 4.74 Å². The minimum atomic E-state index is 0.517. The Labute approximate surface area is 115 Å². The fourth-order valence-corrected chi connectivity index (χ4v) is 2.60. The minimum absolute atomic E-state index is 0.517. The van der Waals surface area contributed by atoms with Crippen molar-refractivity contribution in [3.05, 3.63) is 11.9 Å². The fourth-order valence-electron chi connectivity index (χ4n) is 2.60. The zero-order valence-electron chi connectivity index (χ0n) is 12.1. The maximum atomic E-state index is 5.43. The molecule has 19 heavy (non-hydrogen) atoms. The molecule has 0 amide bonds. The molecule has 1 aliphatic rings. The maximum Gasteiger partial charge on any atom is 0.137 e. The van der Waals surface area contributed by atoms with Gasteiger partial charge in [0.15, 0.2) is 0 Å². The fraction of sp³-hybridized carbons (Fsp3) is 0.714. The highest BCUT2D eigenvalue weighted by atomic mass is 16.5. The molecule has 0 bridgehead atoms. The lowest BCUT2D eigenvalue weighted by Gasteiger charge is -2.33. The molecular formula is C14H24N4O. The third-order valence-corrected chi connectivity index (χ3v) is 3.69. The number of ether oxygens (including phenoxy) is 1. The third-order valence-electron chi connectivity index (χ3n) is 3.69. The van der Waals surface area contributed by atoms with Crippen molar-refractivity contribution in [1.82, 2.24) is 9.97 Å². The molecule has 0 aliphatic carbocycles. The van der Waals surface area contributed by atoms with E-state index in [1.54, 1.807) is 6.33 Å². The van der Waals surface area contributed by atoms with Crippen LogP contribution in [0.4, 0.5) is 11.6 Å². The molecular weight excluding hydrogens is 240 g/mol. The number of hydrogen-bond donors (Lipinski definition) is 1. The SMILES string of the molecule is CCNc1ncnc(N(C)C2CCOCC2)c1CC. The quantitative estimate of drug-likeness (QED) is 0.882. The molecule has 1 fully saturated rings. The van der Waals surface area contributed by atoms with Crippen molar-refractivity contribution >= 4 is 11.6 Å².